The van der Waals surface area contributed by atoms with Gasteiger partial charge >= 0.3 is 0 Å². The zero-order valence-corrected chi connectivity index (χ0v) is 9.93. The number of nitrogens with one attached hydrogen (secondary N) is 1. The highest BCUT2D eigenvalue weighted by Gasteiger charge is 2.05. The lowest BCUT2D eigenvalue weighted by molar-refractivity contribution is 0.970. The van der Waals surface area contributed by atoms with Crippen LogP contribution in [0.2, 0.25) is 0 Å². The summed E-state index contributed by atoms with van der Waals surface area (Å²) >= 11 is 0. The van der Waals surface area contributed by atoms with Crippen LogP contribution in [0.1, 0.15) is 5.56 Å². The molecule has 0 unspecified atom stereocenters. The number of aromatic amines is 1. The van der Waals surface area contributed by atoms with E-state index < -0.39 is 0 Å². The zero-order valence-electron chi connectivity index (χ0n) is 9.93. The van der Waals surface area contributed by atoms with E-state index in [1.165, 1.54) is 5.56 Å². The monoisotopic (exact) mass is 238 g/mol. The predicted molar refractivity (Wildman–Crippen MR) is 72.1 cm³/mol. The van der Waals surface area contributed by atoms with E-state index in [1.54, 1.807) is 12.4 Å². The van der Waals surface area contributed by atoms with Gasteiger partial charge in [0.25, 0.3) is 0 Å². The molecule has 0 spiro atoms. The number of fused-ring (bicyclic) bond motifs is 1. The fourth-order valence-electron chi connectivity index (χ4n) is 2.03. The standard InChI is InChI=1S/C14H14N4/c15-6-3-10-1-2-12-13(9-10)18-14(17-12)11-4-7-16-8-5-11/h1-2,4-5,7-9H,3,6,15H2,(H,17,18). The lowest BCUT2D eigenvalue weighted by atomic mass is 10.1. The van der Waals surface area contributed by atoms with Crippen molar-refractivity contribution in [3.05, 3.63) is 48.3 Å². The van der Waals surface area contributed by atoms with Crippen molar-refractivity contribution in [2.24, 2.45) is 5.73 Å². The Morgan fingerprint density at radius 3 is 2.72 bits per heavy atom. The van der Waals surface area contributed by atoms with Gasteiger partial charge in [-0.3, -0.25) is 4.98 Å². The van der Waals surface area contributed by atoms with Crippen molar-refractivity contribution in [3.63, 3.8) is 0 Å². The molecule has 0 aliphatic heterocycles. The van der Waals surface area contributed by atoms with Gasteiger partial charge in [-0.1, -0.05) is 6.07 Å². The van der Waals surface area contributed by atoms with Crippen molar-refractivity contribution in [2.75, 3.05) is 6.54 Å². The quantitative estimate of drug-likeness (QED) is 0.734. The third-order valence-corrected chi connectivity index (χ3v) is 2.93. The number of rotatable bonds is 3. The lowest BCUT2D eigenvalue weighted by Crippen LogP contribution is -2.02. The van der Waals surface area contributed by atoms with E-state index in [4.69, 9.17) is 5.73 Å². The number of hydrogen-bond donors (Lipinski definition) is 2. The van der Waals surface area contributed by atoms with Crippen LogP contribution in [0.15, 0.2) is 42.7 Å². The molecule has 0 aliphatic rings. The summed E-state index contributed by atoms with van der Waals surface area (Å²) in [5.74, 6) is 0.872. The van der Waals surface area contributed by atoms with E-state index in [0.717, 1.165) is 28.8 Å². The molecular formula is C14H14N4. The second-order valence-electron chi connectivity index (χ2n) is 4.21. The summed E-state index contributed by atoms with van der Waals surface area (Å²) in [4.78, 5) is 11.9. The number of pyridine rings is 1. The van der Waals surface area contributed by atoms with Crippen molar-refractivity contribution in [3.8, 4) is 11.4 Å². The van der Waals surface area contributed by atoms with Gasteiger partial charge in [-0.05, 0) is 42.8 Å². The normalized spacial score (nSPS) is 10.9. The number of H-pyrrole nitrogens is 1. The van der Waals surface area contributed by atoms with E-state index in [0.29, 0.717) is 6.54 Å². The van der Waals surface area contributed by atoms with Gasteiger partial charge in [-0.15, -0.1) is 0 Å². The summed E-state index contributed by atoms with van der Waals surface area (Å²) in [6, 6.07) is 10.1. The average molecular weight is 238 g/mol. The second-order valence-corrected chi connectivity index (χ2v) is 4.21. The number of aromatic nitrogens is 3. The Morgan fingerprint density at radius 2 is 1.94 bits per heavy atom. The molecule has 0 saturated carbocycles. The van der Waals surface area contributed by atoms with Crippen LogP contribution < -0.4 is 5.73 Å². The molecule has 0 saturated heterocycles. The highest BCUT2D eigenvalue weighted by atomic mass is 14.9. The molecule has 3 N–H and O–H groups in total. The van der Waals surface area contributed by atoms with Crippen LogP contribution in [-0.4, -0.2) is 21.5 Å². The van der Waals surface area contributed by atoms with Crippen LogP contribution in [-0.2, 0) is 6.42 Å². The Bertz CT molecular complexity index is 658. The molecule has 0 radical (unpaired) electrons. The summed E-state index contributed by atoms with van der Waals surface area (Å²) in [5.41, 5.74) is 9.87. The Morgan fingerprint density at radius 1 is 1.11 bits per heavy atom. The lowest BCUT2D eigenvalue weighted by Gasteiger charge is -1.96. The Kier molecular flexibility index (Phi) is 2.78. The van der Waals surface area contributed by atoms with Gasteiger partial charge in [0.05, 0.1) is 11.0 Å². The number of nitrogens with zero attached hydrogens (tertiary/aromatic N) is 2. The molecule has 0 atom stereocenters. The first-order valence-corrected chi connectivity index (χ1v) is 5.96. The van der Waals surface area contributed by atoms with Gasteiger partial charge in [-0.2, -0.15) is 0 Å². The predicted octanol–water partition coefficient (Wildman–Crippen LogP) is 2.13. The van der Waals surface area contributed by atoms with E-state index in [1.807, 2.05) is 18.2 Å². The van der Waals surface area contributed by atoms with Crippen molar-refractivity contribution in [2.45, 2.75) is 6.42 Å². The minimum Gasteiger partial charge on any atom is -0.338 e. The summed E-state index contributed by atoms with van der Waals surface area (Å²) in [6.07, 6.45) is 4.42. The van der Waals surface area contributed by atoms with Gasteiger partial charge in [-0.25, -0.2) is 4.98 Å². The van der Waals surface area contributed by atoms with Crippen LogP contribution in [0.25, 0.3) is 22.4 Å². The minimum absolute atomic E-state index is 0.664. The van der Waals surface area contributed by atoms with Crippen molar-refractivity contribution >= 4 is 11.0 Å². The van der Waals surface area contributed by atoms with Crippen LogP contribution in [0.4, 0.5) is 0 Å². The fraction of sp³-hybridized carbons (Fsp3) is 0.143. The minimum atomic E-state index is 0.664. The number of benzene rings is 1. The zero-order chi connectivity index (χ0) is 12.4. The summed E-state index contributed by atoms with van der Waals surface area (Å²) in [7, 11) is 0. The summed E-state index contributed by atoms with van der Waals surface area (Å²) in [5, 5.41) is 0. The van der Waals surface area contributed by atoms with Crippen LogP contribution in [0, 0.1) is 0 Å². The maximum atomic E-state index is 5.57. The first kappa shape index (κ1) is 10.9. The third-order valence-electron chi connectivity index (χ3n) is 2.93. The highest BCUT2D eigenvalue weighted by Crippen LogP contribution is 2.20. The molecule has 0 aliphatic carbocycles. The van der Waals surface area contributed by atoms with Gasteiger partial charge in [0, 0.05) is 18.0 Å². The number of hydrogen-bond acceptors (Lipinski definition) is 3. The van der Waals surface area contributed by atoms with Crippen LogP contribution >= 0.6 is 0 Å². The average Bonchev–Trinajstić information content (AvgIpc) is 2.83. The smallest absolute Gasteiger partial charge is 0.138 e. The van der Waals surface area contributed by atoms with E-state index in [-0.39, 0.29) is 0 Å². The molecule has 90 valence electrons. The Hall–Kier alpha value is -2.20. The first-order chi connectivity index (χ1) is 8.86. The molecule has 4 heteroatoms. The van der Waals surface area contributed by atoms with Gasteiger partial charge in [0.1, 0.15) is 5.82 Å². The maximum absolute atomic E-state index is 5.57. The SMILES string of the molecule is NCCc1ccc2nc(-c3ccncc3)[nH]c2c1. The number of nitrogens with two attached hydrogens (primary N) is 1. The second kappa shape index (κ2) is 4.58. The fourth-order valence-corrected chi connectivity index (χ4v) is 2.03. The first-order valence-electron chi connectivity index (χ1n) is 5.96. The van der Waals surface area contributed by atoms with Crippen LogP contribution in [0.3, 0.4) is 0 Å². The van der Waals surface area contributed by atoms with E-state index in [9.17, 15) is 0 Å². The Labute approximate surface area is 105 Å². The molecule has 0 amide bonds. The molecule has 3 rings (SSSR count). The molecule has 2 heterocycles. The van der Waals surface area contributed by atoms with Gasteiger partial charge in [0.15, 0.2) is 0 Å². The highest BCUT2D eigenvalue weighted by molar-refractivity contribution is 5.79. The van der Waals surface area contributed by atoms with E-state index >= 15 is 0 Å². The molecular weight excluding hydrogens is 224 g/mol. The number of imidazole rings is 1. The Balaban J connectivity index is 2.06. The van der Waals surface area contributed by atoms with Crippen LogP contribution in [0.5, 0.6) is 0 Å². The molecule has 0 fully saturated rings. The topological polar surface area (TPSA) is 67.6 Å². The molecule has 18 heavy (non-hydrogen) atoms. The van der Waals surface area contributed by atoms with Crippen molar-refractivity contribution in [1.82, 2.24) is 15.0 Å². The van der Waals surface area contributed by atoms with Crippen molar-refractivity contribution in [1.29, 1.82) is 0 Å². The van der Waals surface area contributed by atoms with Gasteiger partial charge < -0.3 is 10.7 Å². The molecule has 4 nitrogen and oxygen atoms in total. The van der Waals surface area contributed by atoms with Gasteiger partial charge in [0.2, 0.25) is 0 Å². The van der Waals surface area contributed by atoms with Crippen molar-refractivity contribution < 1.29 is 0 Å². The molecule has 3 aromatic rings. The summed E-state index contributed by atoms with van der Waals surface area (Å²) in [6.45, 7) is 0.664. The maximum Gasteiger partial charge on any atom is 0.138 e. The summed E-state index contributed by atoms with van der Waals surface area (Å²) < 4.78 is 0. The largest absolute Gasteiger partial charge is 0.338 e. The molecule has 1 aromatic carbocycles. The third kappa shape index (κ3) is 1.98. The van der Waals surface area contributed by atoms with E-state index in [2.05, 4.69) is 27.1 Å². The molecule has 2 aromatic heterocycles. The molecule has 0 bridgehead atoms.